The number of carboxylic acid groups (broad SMARTS) is 1. The van der Waals surface area contributed by atoms with Crippen LogP contribution in [0.4, 0.5) is 4.39 Å². The van der Waals surface area contributed by atoms with Gasteiger partial charge < -0.3 is 14.2 Å². The van der Waals surface area contributed by atoms with E-state index in [1.807, 2.05) is 67.1 Å². The molecule has 0 spiro atoms. The Hall–Kier alpha value is -4.78. The van der Waals surface area contributed by atoms with Crippen molar-refractivity contribution in [2.45, 2.75) is 33.2 Å². The van der Waals surface area contributed by atoms with Crippen LogP contribution in [0.25, 0.3) is 44.6 Å². The predicted molar refractivity (Wildman–Crippen MR) is 156 cm³/mol. The molecule has 0 radical (unpaired) electrons. The highest BCUT2D eigenvalue weighted by molar-refractivity contribution is 5.98. The minimum atomic E-state index is -0.959. The maximum absolute atomic E-state index is 13.9. The van der Waals surface area contributed by atoms with Crippen molar-refractivity contribution in [2.75, 3.05) is 0 Å². The van der Waals surface area contributed by atoms with E-state index in [-0.39, 0.29) is 5.82 Å². The van der Waals surface area contributed by atoms with Gasteiger partial charge in [0.15, 0.2) is 0 Å². The lowest BCUT2D eigenvalue weighted by Gasteiger charge is -2.15. The van der Waals surface area contributed by atoms with Crippen molar-refractivity contribution >= 4 is 28.0 Å². The standard InChI is InChI=1S/C33H29FN4O2/c1-4-9-29-36-31-20(2)16-23(32-35-26-18-24(34)14-15-27(26)37(32)3)17-28(31)38(29)19-22-12-8-13-25(30(22)33(39)40)21-10-6-5-7-11-21/h5-8,10-18H,4,9,19H2,1-3H3,(H,39,40). The molecular weight excluding hydrogens is 503 g/mol. The zero-order valence-corrected chi connectivity index (χ0v) is 22.6. The SMILES string of the molecule is CCCc1nc2c(C)cc(-c3nc4cc(F)ccc4n3C)cc2n1Cc1cccc(-c2ccccc2)c1C(=O)O. The van der Waals surface area contributed by atoms with Gasteiger partial charge >= 0.3 is 5.97 Å². The van der Waals surface area contributed by atoms with Crippen molar-refractivity contribution in [3.05, 3.63) is 107 Å². The summed E-state index contributed by atoms with van der Waals surface area (Å²) in [6, 6.07) is 24.0. The molecule has 0 unspecified atom stereocenters. The molecule has 1 N–H and O–H groups in total. The zero-order valence-electron chi connectivity index (χ0n) is 22.6. The van der Waals surface area contributed by atoms with Gasteiger partial charge in [0.1, 0.15) is 17.5 Å². The highest BCUT2D eigenvalue weighted by atomic mass is 19.1. The van der Waals surface area contributed by atoms with Crippen molar-refractivity contribution in [3.63, 3.8) is 0 Å². The summed E-state index contributed by atoms with van der Waals surface area (Å²) in [5.41, 5.74) is 7.69. The Morgan fingerprint density at radius 1 is 0.925 bits per heavy atom. The summed E-state index contributed by atoms with van der Waals surface area (Å²) in [6.45, 7) is 4.50. The first-order valence-corrected chi connectivity index (χ1v) is 13.4. The number of nitrogens with zero attached hydrogens (tertiary/aromatic N) is 4. The molecule has 40 heavy (non-hydrogen) atoms. The monoisotopic (exact) mass is 532 g/mol. The third-order valence-electron chi connectivity index (χ3n) is 7.48. The number of imidazole rings is 2. The molecule has 0 aliphatic rings. The van der Waals surface area contributed by atoms with Gasteiger partial charge in [-0.2, -0.15) is 0 Å². The molecular formula is C33H29FN4O2. The Morgan fingerprint density at radius 3 is 2.48 bits per heavy atom. The van der Waals surface area contributed by atoms with Crippen molar-refractivity contribution in [3.8, 4) is 22.5 Å². The number of aryl methyl sites for hydroxylation is 3. The number of aromatic carboxylic acids is 1. The second-order valence-corrected chi connectivity index (χ2v) is 10.2. The first kappa shape index (κ1) is 25.5. The lowest BCUT2D eigenvalue weighted by molar-refractivity contribution is 0.0696. The average molecular weight is 533 g/mol. The number of hydrogen-bond donors (Lipinski definition) is 1. The van der Waals surface area contributed by atoms with Crippen LogP contribution in [0.5, 0.6) is 0 Å². The van der Waals surface area contributed by atoms with Gasteiger partial charge in [-0.05, 0) is 59.9 Å². The topological polar surface area (TPSA) is 72.9 Å². The largest absolute Gasteiger partial charge is 0.478 e. The minimum Gasteiger partial charge on any atom is -0.478 e. The van der Waals surface area contributed by atoms with E-state index in [2.05, 4.69) is 23.6 Å². The summed E-state index contributed by atoms with van der Waals surface area (Å²) in [7, 11) is 1.93. The van der Waals surface area contributed by atoms with Gasteiger partial charge in [-0.1, -0.05) is 55.5 Å². The third kappa shape index (κ3) is 4.33. The van der Waals surface area contributed by atoms with E-state index in [0.29, 0.717) is 28.8 Å². The molecule has 0 bridgehead atoms. The molecule has 6 aromatic rings. The number of aromatic nitrogens is 4. The van der Waals surface area contributed by atoms with E-state index in [9.17, 15) is 14.3 Å². The van der Waals surface area contributed by atoms with E-state index < -0.39 is 5.97 Å². The van der Waals surface area contributed by atoms with Gasteiger partial charge in [0.2, 0.25) is 0 Å². The lowest BCUT2D eigenvalue weighted by Crippen LogP contribution is -2.11. The maximum atomic E-state index is 13.9. The summed E-state index contributed by atoms with van der Waals surface area (Å²) in [5.74, 6) is 0.358. The molecule has 0 saturated carbocycles. The second kappa shape index (κ2) is 10.1. The van der Waals surface area contributed by atoms with E-state index in [4.69, 9.17) is 9.97 Å². The van der Waals surface area contributed by atoms with Gasteiger partial charge in [-0.3, -0.25) is 0 Å². The highest BCUT2D eigenvalue weighted by Gasteiger charge is 2.21. The van der Waals surface area contributed by atoms with Crippen molar-refractivity contribution in [2.24, 2.45) is 7.05 Å². The fourth-order valence-electron chi connectivity index (χ4n) is 5.60. The quantitative estimate of drug-likeness (QED) is 0.232. The fraction of sp³-hybridized carbons (Fsp3) is 0.182. The Labute approximate surface area is 231 Å². The first-order valence-electron chi connectivity index (χ1n) is 13.4. The van der Waals surface area contributed by atoms with Gasteiger partial charge in [0, 0.05) is 25.1 Å². The lowest BCUT2D eigenvalue weighted by atomic mass is 9.95. The smallest absolute Gasteiger partial charge is 0.336 e. The Kier molecular flexibility index (Phi) is 6.42. The molecule has 200 valence electrons. The maximum Gasteiger partial charge on any atom is 0.336 e. The van der Waals surface area contributed by atoms with Crippen LogP contribution in [0.2, 0.25) is 0 Å². The molecule has 6 rings (SSSR count). The summed E-state index contributed by atoms with van der Waals surface area (Å²) < 4.78 is 18.0. The normalized spacial score (nSPS) is 11.5. The number of rotatable bonds is 7. The van der Waals surface area contributed by atoms with Crippen LogP contribution in [-0.4, -0.2) is 30.2 Å². The number of halogens is 1. The van der Waals surface area contributed by atoms with Crippen LogP contribution in [0.3, 0.4) is 0 Å². The number of benzene rings is 4. The predicted octanol–water partition coefficient (Wildman–Crippen LogP) is 7.40. The Morgan fingerprint density at radius 2 is 1.73 bits per heavy atom. The molecule has 0 saturated heterocycles. The van der Waals surface area contributed by atoms with Crippen LogP contribution >= 0.6 is 0 Å². The molecule has 0 aliphatic carbocycles. The first-order chi connectivity index (χ1) is 19.4. The molecule has 7 heteroatoms. The van der Waals surface area contributed by atoms with Crippen molar-refractivity contribution in [1.29, 1.82) is 0 Å². The van der Waals surface area contributed by atoms with E-state index in [1.54, 1.807) is 6.07 Å². The third-order valence-corrected chi connectivity index (χ3v) is 7.48. The summed E-state index contributed by atoms with van der Waals surface area (Å²) >= 11 is 0. The fourth-order valence-corrected chi connectivity index (χ4v) is 5.60. The molecule has 4 aromatic carbocycles. The Balaban J connectivity index is 1.54. The number of carboxylic acids is 1. The number of carbonyl (C=O) groups is 1. The van der Waals surface area contributed by atoms with Gasteiger partial charge in [0.25, 0.3) is 0 Å². The van der Waals surface area contributed by atoms with Crippen LogP contribution in [0.1, 0.15) is 40.7 Å². The molecule has 0 amide bonds. The number of fused-ring (bicyclic) bond motifs is 2. The van der Waals surface area contributed by atoms with Crippen molar-refractivity contribution in [1.82, 2.24) is 19.1 Å². The Bertz CT molecular complexity index is 1900. The summed E-state index contributed by atoms with van der Waals surface area (Å²) in [4.78, 5) is 22.3. The van der Waals surface area contributed by atoms with Crippen LogP contribution in [-0.2, 0) is 20.0 Å². The van der Waals surface area contributed by atoms with Crippen LogP contribution in [0, 0.1) is 12.7 Å². The van der Waals surface area contributed by atoms with Crippen LogP contribution < -0.4 is 0 Å². The molecule has 0 aliphatic heterocycles. The van der Waals surface area contributed by atoms with E-state index in [1.165, 1.54) is 12.1 Å². The molecule has 0 atom stereocenters. The van der Waals surface area contributed by atoms with Crippen molar-refractivity contribution < 1.29 is 14.3 Å². The minimum absolute atomic E-state index is 0.295. The van der Waals surface area contributed by atoms with Crippen LogP contribution in [0.15, 0.2) is 78.9 Å². The molecule has 6 nitrogen and oxygen atoms in total. The van der Waals surface area contributed by atoms with E-state index in [0.717, 1.165) is 57.7 Å². The molecule has 2 aromatic heterocycles. The number of hydrogen-bond acceptors (Lipinski definition) is 3. The van der Waals surface area contributed by atoms with Gasteiger partial charge in [-0.15, -0.1) is 0 Å². The average Bonchev–Trinajstić information content (AvgIpc) is 3.46. The van der Waals surface area contributed by atoms with E-state index >= 15 is 0 Å². The summed E-state index contributed by atoms with van der Waals surface area (Å²) in [6.07, 6.45) is 1.66. The highest BCUT2D eigenvalue weighted by Crippen LogP contribution is 2.32. The zero-order chi connectivity index (χ0) is 28.0. The summed E-state index contributed by atoms with van der Waals surface area (Å²) in [5, 5.41) is 10.3. The second-order valence-electron chi connectivity index (χ2n) is 10.2. The molecule has 2 heterocycles. The van der Waals surface area contributed by atoms with Gasteiger partial charge in [0.05, 0.1) is 34.2 Å². The van der Waals surface area contributed by atoms with Gasteiger partial charge in [-0.25, -0.2) is 19.2 Å². The molecule has 0 fully saturated rings.